The fourth-order valence-corrected chi connectivity index (χ4v) is 5.15. The molecule has 1 aliphatic heterocycles. The highest BCUT2D eigenvalue weighted by atomic mass is 32.2. The zero-order valence-corrected chi connectivity index (χ0v) is 19.8. The zero-order valence-electron chi connectivity index (χ0n) is 18.2. The van der Waals surface area contributed by atoms with Gasteiger partial charge in [-0.05, 0) is 79.7 Å². The summed E-state index contributed by atoms with van der Waals surface area (Å²) in [6, 6.07) is 15.7. The highest BCUT2D eigenvalue weighted by Crippen LogP contribution is 2.32. The molecule has 3 aromatic rings. The third-order valence-corrected chi connectivity index (χ3v) is 6.96. The summed E-state index contributed by atoms with van der Waals surface area (Å²) in [4.78, 5) is 2.29. The Bertz CT molecular complexity index is 1190. The first-order chi connectivity index (χ1) is 15.9. The van der Waals surface area contributed by atoms with Gasteiger partial charge in [-0.15, -0.1) is 0 Å². The minimum atomic E-state index is -3.86. The Kier molecular flexibility index (Phi) is 7.05. The van der Waals surface area contributed by atoms with E-state index in [2.05, 4.69) is 20.3 Å². The van der Waals surface area contributed by atoms with E-state index in [1.165, 1.54) is 0 Å². The predicted molar refractivity (Wildman–Crippen MR) is 133 cm³/mol. The first-order valence-electron chi connectivity index (χ1n) is 10.6. The molecule has 1 saturated heterocycles. The molecule has 0 aliphatic carbocycles. The van der Waals surface area contributed by atoms with Crippen LogP contribution in [0.25, 0.3) is 0 Å². The van der Waals surface area contributed by atoms with Gasteiger partial charge in [0.15, 0.2) is 5.11 Å². The number of hydrogen-bond acceptors (Lipinski definition) is 6. The van der Waals surface area contributed by atoms with Gasteiger partial charge in [0.1, 0.15) is 16.4 Å². The standard InChI is InChI=1S/C23H26N4O4S2/c1-30-19-9-6-17(7-10-19)26-33(28,29)22-15-18(8-11-21(22)27-12-2-3-13-27)25-23(32)24-16-20-5-4-14-31-20/h4-11,14-15,26H,2-3,12-13,16H2,1H3,(H2,24,25,32). The van der Waals surface area contributed by atoms with Crippen LogP contribution in [-0.2, 0) is 16.6 Å². The summed E-state index contributed by atoms with van der Waals surface area (Å²) >= 11 is 5.36. The summed E-state index contributed by atoms with van der Waals surface area (Å²) in [5.74, 6) is 1.40. The van der Waals surface area contributed by atoms with Crippen LogP contribution in [0.3, 0.4) is 0 Å². The summed E-state index contributed by atoms with van der Waals surface area (Å²) < 4.78 is 39.9. The van der Waals surface area contributed by atoms with Crippen molar-refractivity contribution in [1.29, 1.82) is 0 Å². The quantitative estimate of drug-likeness (QED) is 0.408. The van der Waals surface area contributed by atoms with E-state index in [0.717, 1.165) is 31.7 Å². The lowest BCUT2D eigenvalue weighted by molar-refractivity contribution is 0.415. The van der Waals surface area contributed by atoms with Crippen molar-refractivity contribution in [2.45, 2.75) is 24.3 Å². The molecule has 1 aromatic heterocycles. The second-order valence-electron chi connectivity index (χ2n) is 7.60. The topological polar surface area (TPSA) is 95.8 Å². The maximum atomic E-state index is 13.4. The van der Waals surface area contributed by atoms with Gasteiger partial charge in [0.05, 0.1) is 25.6 Å². The van der Waals surface area contributed by atoms with Gasteiger partial charge in [-0.3, -0.25) is 4.72 Å². The van der Waals surface area contributed by atoms with Crippen molar-refractivity contribution in [2.24, 2.45) is 0 Å². The van der Waals surface area contributed by atoms with Gasteiger partial charge in [0, 0.05) is 24.5 Å². The normalized spacial score (nSPS) is 13.5. The van der Waals surface area contributed by atoms with Gasteiger partial charge in [0.25, 0.3) is 10.0 Å². The number of nitrogens with one attached hydrogen (secondary N) is 3. The molecule has 8 nitrogen and oxygen atoms in total. The van der Waals surface area contributed by atoms with Crippen molar-refractivity contribution < 1.29 is 17.6 Å². The van der Waals surface area contributed by atoms with Crippen LogP contribution in [0.5, 0.6) is 5.75 Å². The van der Waals surface area contributed by atoms with Crippen molar-refractivity contribution in [3.8, 4) is 5.75 Å². The fourth-order valence-electron chi connectivity index (χ4n) is 3.65. The molecular formula is C23H26N4O4S2. The number of furan rings is 1. The number of nitrogens with zero attached hydrogens (tertiary/aromatic N) is 1. The van der Waals surface area contributed by atoms with Crippen LogP contribution in [-0.4, -0.2) is 33.7 Å². The Morgan fingerprint density at radius 1 is 1.09 bits per heavy atom. The summed E-state index contributed by atoms with van der Waals surface area (Å²) in [5, 5.41) is 6.48. The Labute approximate surface area is 199 Å². The second kappa shape index (κ2) is 10.1. The first-order valence-corrected chi connectivity index (χ1v) is 12.5. The van der Waals surface area contributed by atoms with Gasteiger partial charge < -0.3 is 24.7 Å². The van der Waals surface area contributed by atoms with Crippen molar-refractivity contribution in [3.05, 3.63) is 66.6 Å². The van der Waals surface area contributed by atoms with Crippen molar-refractivity contribution >= 4 is 44.4 Å². The lowest BCUT2D eigenvalue weighted by Crippen LogP contribution is -2.28. The average molecular weight is 487 g/mol. The Morgan fingerprint density at radius 3 is 2.48 bits per heavy atom. The van der Waals surface area contributed by atoms with Crippen LogP contribution in [0.15, 0.2) is 70.2 Å². The van der Waals surface area contributed by atoms with Gasteiger partial charge in [0.2, 0.25) is 0 Å². The molecule has 33 heavy (non-hydrogen) atoms. The van der Waals surface area contributed by atoms with E-state index in [4.69, 9.17) is 21.4 Å². The lowest BCUT2D eigenvalue weighted by atomic mass is 10.2. The molecule has 3 N–H and O–H groups in total. The van der Waals surface area contributed by atoms with Crippen molar-refractivity contribution in [2.75, 3.05) is 35.1 Å². The van der Waals surface area contributed by atoms with E-state index < -0.39 is 10.0 Å². The molecule has 174 valence electrons. The van der Waals surface area contributed by atoms with Gasteiger partial charge in [-0.2, -0.15) is 0 Å². The zero-order chi connectivity index (χ0) is 23.3. The molecule has 0 radical (unpaired) electrons. The van der Waals surface area contributed by atoms with Crippen LogP contribution in [0.1, 0.15) is 18.6 Å². The average Bonchev–Trinajstić information content (AvgIpc) is 3.52. The van der Waals surface area contributed by atoms with E-state index in [0.29, 0.717) is 34.5 Å². The third kappa shape index (κ3) is 5.77. The Hall–Kier alpha value is -3.24. The minimum absolute atomic E-state index is 0.194. The SMILES string of the molecule is COc1ccc(NS(=O)(=O)c2cc(NC(=S)NCc3ccco3)ccc2N2CCCC2)cc1. The molecule has 0 unspecified atom stereocenters. The summed E-state index contributed by atoms with van der Waals surface area (Å²) in [6.07, 6.45) is 3.66. The van der Waals surface area contributed by atoms with Crippen LogP contribution in [0, 0.1) is 0 Å². The lowest BCUT2D eigenvalue weighted by Gasteiger charge is -2.23. The summed E-state index contributed by atoms with van der Waals surface area (Å²) in [6.45, 7) is 2.07. The Morgan fingerprint density at radius 2 is 1.82 bits per heavy atom. The molecule has 4 rings (SSSR count). The number of anilines is 3. The van der Waals surface area contributed by atoms with Crippen LogP contribution in [0.2, 0.25) is 0 Å². The molecular weight excluding hydrogens is 460 g/mol. The molecule has 0 saturated carbocycles. The maximum absolute atomic E-state index is 13.4. The van der Waals surface area contributed by atoms with Crippen LogP contribution < -0.4 is 25.0 Å². The van der Waals surface area contributed by atoms with E-state index in [-0.39, 0.29) is 4.90 Å². The van der Waals surface area contributed by atoms with E-state index in [1.54, 1.807) is 49.8 Å². The molecule has 0 spiro atoms. The van der Waals surface area contributed by atoms with Gasteiger partial charge in [-0.1, -0.05) is 0 Å². The molecule has 2 heterocycles. The van der Waals surface area contributed by atoms with Crippen molar-refractivity contribution in [3.63, 3.8) is 0 Å². The highest BCUT2D eigenvalue weighted by molar-refractivity contribution is 7.93. The minimum Gasteiger partial charge on any atom is -0.497 e. The number of ether oxygens (including phenoxy) is 1. The monoisotopic (exact) mass is 486 g/mol. The van der Waals surface area contributed by atoms with E-state index >= 15 is 0 Å². The van der Waals surface area contributed by atoms with E-state index in [1.807, 2.05) is 18.2 Å². The Balaban J connectivity index is 1.57. The number of hydrogen-bond donors (Lipinski definition) is 3. The smallest absolute Gasteiger partial charge is 0.264 e. The largest absolute Gasteiger partial charge is 0.497 e. The number of methoxy groups -OCH3 is 1. The van der Waals surface area contributed by atoms with Gasteiger partial charge in [-0.25, -0.2) is 8.42 Å². The van der Waals surface area contributed by atoms with E-state index in [9.17, 15) is 8.42 Å². The maximum Gasteiger partial charge on any atom is 0.264 e. The molecule has 1 aliphatic rings. The third-order valence-electron chi connectivity index (χ3n) is 5.30. The number of benzene rings is 2. The fraction of sp³-hybridized carbons (Fsp3) is 0.261. The molecule has 0 amide bonds. The number of thiocarbonyl (C=S) groups is 1. The molecule has 0 atom stereocenters. The summed E-state index contributed by atoms with van der Waals surface area (Å²) in [7, 11) is -2.29. The number of sulfonamides is 1. The number of rotatable bonds is 8. The summed E-state index contributed by atoms with van der Waals surface area (Å²) in [5.41, 5.74) is 1.70. The highest BCUT2D eigenvalue weighted by Gasteiger charge is 2.25. The molecule has 0 bridgehead atoms. The second-order valence-corrected chi connectivity index (χ2v) is 9.66. The van der Waals surface area contributed by atoms with Crippen LogP contribution >= 0.6 is 12.2 Å². The van der Waals surface area contributed by atoms with Crippen LogP contribution in [0.4, 0.5) is 17.1 Å². The van der Waals surface area contributed by atoms with Crippen molar-refractivity contribution in [1.82, 2.24) is 5.32 Å². The molecule has 1 fully saturated rings. The van der Waals surface area contributed by atoms with Gasteiger partial charge >= 0.3 is 0 Å². The molecule has 10 heteroatoms. The molecule has 2 aromatic carbocycles. The first kappa shape index (κ1) is 22.9. The predicted octanol–water partition coefficient (Wildman–Crippen LogP) is 4.18.